The summed E-state index contributed by atoms with van der Waals surface area (Å²) in [6, 6.07) is 5.86. The zero-order valence-electron chi connectivity index (χ0n) is 11.7. The second-order valence-corrected chi connectivity index (χ2v) is 6.28. The van der Waals surface area contributed by atoms with E-state index in [1.54, 1.807) is 24.3 Å². The number of hydrogen-bond acceptors (Lipinski definition) is 5. The first-order chi connectivity index (χ1) is 9.40. The quantitative estimate of drug-likeness (QED) is 0.673. The van der Waals surface area contributed by atoms with Gasteiger partial charge in [0.1, 0.15) is 12.0 Å². The number of thiophene rings is 1. The van der Waals surface area contributed by atoms with Crippen molar-refractivity contribution >= 4 is 22.8 Å². The zero-order chi connectivity index (χ0) is 14.8. The lowest BCUT2D eigenvalue weighted by atomic mass is 9.91. The van der Waals surface area contributed by atoms with E-state index in [9.17, 15) is 10.1 Å². The Labute approximate surface area is 121 Å². The van der Waals surface area contributed by atoms with Crippen molar-refractivity contribution in [2.24, 2.45) is 0 Å². The molecule has 0 aliphatic heterocycles. The molecule has 0 aliphatic carbocycles. The highest BCUT2D eigenvalue weighted by atomic mass is 32.1. The Kier molecular flexibility index (Phi) is 4.04. The van der Waals surface area contributed by atoms with Crippen LogP contribution >= 0.6 is 11.3 Å². The molecular formula is C14H17N3O2S. The Bertz CT molecular complexity index is 609. The number of nitrogens with zero attached hydrogens (tertiary/aromatic N) is 2. The van der Waals surface area contributed by atoms with Gasteiger partial charge in [-0.1, -0.05) is 19.9 Å². The number of nitro groups is 1. The van der Waals surface area contributed by atoms with Gasteiger partial charge < -0.3 is 5.32 Å². The van der Waals surface area contributed by atoms with Gasteiger partial charge in [0.2, 0.25) is 0 Å². The summed E-state index contributed by atoms with van der Waals surface area (Å²) in [5.41, 5.74) is 0.653. The van der Waals surface area contributed by atoms with Gasteiger partial charge in [-0.15, -0.1) is 11.3 Å². The Morgan fingerprint density at radius 2 is 2.25 bits per heavy atom. The molecule has 2 heterocycles. The molecule has 0 amide bonds. The highest BCUT2D eigenvalue weighted by molar-refractivity contribution is 7.10. The number of rotatable bonds is 5. The Morgan fingerprint density at radius 1 is 1.50 bits per heavy atom. The molecule has 0 fully saturated rings. The van der Waals surface area contributed by atoms with E-state index in [0.29, 0.717) is 11.4 Å². The minimum absolute atomic E-state index is 0.00841. The molecule has 0 radical (unpaired) electrons. The van der Waals surface area contributed by atoms with Crippen molar-refractivity contribution in [3.05, 3.63) is 50.3 Å². The monoisotopic (exact) mass is 291 g/mol. The molecule has 20 heavy (non-hydrogen) atoms. The third-order valence-electron chi connectivity index (χ3n) is 3.18. The van der Waals surface area contributed by atoms with Crippen LogP contribution in [0.4, 0.5) is 11.5 Å². The largest absolute Gasteiger partial charge is 0.369 e. The molecule has 0 atom stereocenters. The summed E-state index contributed by atoms with van der Waals surface area (Å²) in [5, 5.41) is 16.1. The summed E-state index contributed by atoms with van der Waals surface area (Å²) >= 11 is 1.72. The van der Waals surface area contributed by atoms with Gasteiger partial charge >= 0.3 is 0 Å². The normalized spacial score (nSPS) is 11.3. The van der Waals surface area contributed by atoms with Gasteiger partial charge in [0, 0.05) is 22.4 Å². The third-order valence-corrected chi connectivity index (χ3v) is 4.42. The molecule has 0 spiro atoms. The van der Waals surface area contributed by atoms with Crippen LogP contribution in [0.2, 0.25) is 0 Å². The zero-order valence-corrected chi connectivity index (χ0v) is 12.5. The van der Waals surface area contributed by atoms with Crippen LogP contribution in [-0.4, -0.2) is 16.5 Å². The second-order valence-electron chi connectivity index (χ2n) is 5.33. The Hall–Kier alpha value is -1.95. The predicted octanol–water partition coefficient (Wildman–Crippen LogP) is 3.75. The first-order valence-corrected chi connectivity index (χ1v) is 7.17. The number of aromatic nitrogens is 1. The van der Waals surface area contributed by atoms with Crippen molar-refractivity contribution in [1.82, 2.24) is 4.98 Å². The van der Waals surface area contributed by atoms with Gasteiger partial charge in [0.15, 0.2) is 0 Å². The Balaban J connectivity index is 2.08. The summed E-state index contributed by atoms with van der Waals surface area (Å²) in [6.07, 6.45) is 1.30. The summed E-state index contributed by atoms with van der Waals surface area (Å²) < 4.78 is 0. The number of nitrogens with one attached hydrogen (secondary N) is 1. The van der Waals surface area contributed by atoms with Gasteiger partial charge in [-0.3, -0.25) is 10.1 Å². The van der Waals surface area contributed by atoms with Crippen LogP contribution in [0.1, 0.15) is 24.3 Å². The van der Waals surface area contributed by atoms with Crippen LogP contribution in [0.5, 0.6) is 0 Å². The summed E-state index contributed by atoms with van der Waals surface area (Å²) in [6.45, 7) is 6.75. The number of pyridine rings is 1. The SMILES string of the molecule is Cc1cc(NCC(C)(C)c2cccs2)ncc1[N+](=O)[O-]. The summed E-state index contributed by atoms with van der Waals surface area (Å²) in [5.74, 6) is 0.665. The fraction of sp³-hybridized carbons (Fsp3) is 0.357. The van der Waals surface area contributed by atoms with Crippen LogP contribution in [0.25, 0.3) is 0 Å². The molecule has 0 aliphatic rings. The minimum atomic E-state index is -0.415. The maximum absolute atomic E-state index is 10.8. The molecular weight excluding hydrogens is 274 g/mol. The molecule has 0 bridgehead atoms. The van der Waals surface area contributed by atoms with E-state index in [1.807, 2.05) is 6.07 Å². The molecule has 0 unspecified atom stereocenters. The van der Waals surface area contributed by atoms with E-state index in [-0.39, 0.29) is 11.1 Å². The van der Waals surface area contributed by atoms with Crippen LogP contribution in [0, 0.1) is 17.0 Å². The lowest BCUT2D eigenvalue weighted by molar-refractivity contribution is -0.385. The highest BCUT2D eigenvalue weighted by Gasteiger charge is 2.22. The number of hydrogen-bond donors (Lipinski definition) is 1. The molecule has 2 aromatic rings. The van der Waals surface area contributed by atoms with Crippen molar-refractivity contribution < 1.29 is 4.92 Å². The standard InChI is InChI=1S/C14H17N3O2S/c1-10-7-13(15-8-11(10)17(18)19)16-9-14(2,3)12-5-4-6-20-12/h4-8H,9H2,1-3H3,(H,15,16). The fourth-order valence-electron chi connectivity index (χ4n) is 1.90. The van der Waals surface area contributed by atoms with E-state index >= 15 is 0 Å². The average Bonchev–Trinajstić information content (AvgIpc) is 2.90. The molecule has 1 N–H and O–H groups in total. The Morgan fingerprint density at radius 3 is 2.80 bits per heavy atom. The van der Waals surface area contributed by atoms with Crippen molar-refractivity contribution in [3.63, 3.8) is 0 Å². The maximum Gasteiger partial charge on any atom is 0.290 e. The second kappa shape index (κ2) is 5.58. The topological polar surface area (TPSA) is 68.1 Å². The fourth-order valence-corrected chi connectivity index (χ4v) is 2.75. The van der Waals surface area contributed by atoms with Gasteiger partial charge in [-0.25, -0.2) is 4.98 Å². The first-order valence-electron chi connectivity index (χ1n) is 6.29. The predicted molar refractivity (Wildman–Crippen MR) is 81.5 cm³/mol. The lowest BCUT2D eigenvalue weighted by Gasteiger charge is -2.24. The van der Waals surface area contributed by atoms with Crippen LogP contribution < -0.4 is 5.32 Å². The van der Waals surface area contributed by atoms with Gasteiger partial charge in [-0.2, -0.15) is 0 Å². The van der Waals surface area contributed by atoms with Crippen molar-refractivity contribution in [2.45, 2.75) is 26.2 Å². The smallest absolute Gasteiger partial charge is 0.290 e. The minimum Gasteiger partial charge on any atom is -0.369 e. The van der Waals surface area contributed by atoms with Gasteiger partial charge in [0.25, 0.3) is 5.69 Å². The molecule has 6 heteroatoms. The lowest BCUT2D eigenvalue weighted by Crippen LogP contribution is -2.26. The highest BCUT2D eigenvalue weighted by Crippen LogP contribution is 2.28. The first kappa shape index (κ1) is 14.5. The van der Waals surface area contributed by atoms with Crippen molar-refractivity contribution in [3.8, 4) is 0 Å². The summed E-state index contributed by atoms with van der Waals surface area (Å²) in [4.78, 5) is 15.7. The molecule has 5 nitrogen and oxygen atoms in total. The third kappa shape index (κ3) is 3.14. The molecule has 0 saturated carbocycles. The van der Waals surface area contributed by atoms with Crippen molar-refractivity contribution in [1.29, 1.82) is 0 Å². The maximum atomic E-state index is 10.8. The molecule has 0 aromatic carbocycles. The van der Waals surface area contributed by atoms with Crippen LogP contribution in [-0.2, 0) is 5.41 Å². The molecule has 2 aromatic heterocycles. The molecule has 0 saturated heterocycles. The number of aryl methyl sites for hydroxylation is 1. The number of anilines is 1. The van der Waals surface area contributed by atoms with E-state index in [4.69, 9.17) is 0 Å². The van der Waals surface area contributed by atoms with Crippen molar-refractivity contribution in [2.75, 3.05) is 11.9 Å². The van der Waals surface area contributed by atoms with E-state index in [2.05, 4.69) is 35.6 Å². The van der Waals surface area contributed by atoms with Crippen LogP contribution in [0.15, 0.2) is 29.8 Å². The average molecular weight is 291 g/mol. The molecule has 106 valence electrons. The van der Waals surface area contributed by atoms with Crippen LogP contribution in [0.3, 0.4) is 0 Å². The van der Waals surface area contributed by atoms with Gasteiger partial charge in [-0.05, 0) is 24.4 Å². The summed E-state index contributed by atoms with van der Waals surface area (Å²) in [7, 11) is 0. The van der Waals surface area contributed by atoms with E-state index in [0.717, 1.165) is 6.54 Å². The molecule has 2 rings (SSSR count). The van der Waals surface area contributed by atoms with E-state index in [1.165, 1.54) is 11.1 Å². The van der Waals surface area contributed by atoms with E-state index < -0.39 is 4.92 Å². The van der Waals surface area contributed by atoms with Gasteiger partial charge in [0.05, 0.1) is 4.92 Å².